The van der Waals surface area contributed by atoms with Gasteiger partial charge in [-0.2, -0.15) is 0 Å². The molecule has 0 radical (unpaired) electrons. The summed E-state index contributed by atoms with van der Waals surface area (Å²) in [6.45, 7) is 0.451. The molecule has 0 spiro atoms. The lowest BCUT2D eigenvalue weighted by Gasteiger charge is -2.10. The van der Waals surface area contributed by atoms with Gasteiger partial charge < -0.3 is 10.1 Å². The normalized spacial score (nSPS) is 13.3. The summed E-state index contributed by atoms with van der Waals surface area (Å²) in [5, 5.41) is 14.8. The molecule has 0 atom stereocenters. The second kappa shape index (κ2) is 7.22. The molecule has 0 aliphatic heterocycles. The van der Waals surface area contributed by atoms with Gasteiger partial charge in [0, 0.05) is 23.4 Å². The van der Waals surface area contributed by atoms with Crippen LogP contribution in [-0.2, 0) is 11.3 Å². The van der Waals surface area contributed by atoms with E-state index in [4.69, 9.17) is 4.74 Å². The summed E-state index contributed by atoms with van der Waals surface area (Å²) in [6.07, 6.45) is 2.07. The van der Waals surface area contributed by atoms with Gasteiger partial charge in [-0.25, -0.2) is 9.78 Å². The molecule has 1 fully saturated rings. The van der Waals surface area contributed by atoms with Crippen LogP contribution in [0.1, 0.15) is 40.5 Å². The van der Waals surface area contributed by atoms with Crippen molar-refractivity contribution in [2.75, 3.05) is 12.4 Å². The first-order valence-electron chi connectivity index (χ1n) is 8.92. The van der Waals surface area contributed by atoms with Gasteiger partial charge in [-0.3, -0.25) is 15.1 Å². The molecule has 0 unspecified atom stereocenters. The van der Waals surface area contributed by atoms with E-state index in [1.165, 1.54) is 19.2 Å². The van der Waals surface area contributed by atoms with Crippen molar-refractivity contribution in [1.82, 2.24) is 9.97 Å². The highest BCUT2D eigenvalue weighted by Gasteiger charge is 2.30. The van der Waals surface area contributed by atoms with Crippen molar-refractivity contribution in [3.05, 3.63) is 69.5 Å². The predicted octanol–water partition coefficient (Wildman–Crippen LogP) is 3.81. The summed E-state index contributed by atoms with van der Waals surface area (Å²) in [5.41, 5.74) is 2.84. The number of fused-ring (bicyclic) bond motifs is 1. The Hall–Kier alpha value is -3.55. The number of carbonyl (C=O) groups is 1. The van der Waals surface area contributed by atoms with Crippen molar-refractivity contribution in [3.8, 4) is 0 Å². The maximum absolute atomic E-state index is 11.9. The summed E-state index contributed by atoms with van der Waals surface area (Å²) in [7, 11) is 1.37. The first-order valence-corrected chi connectivity index (χ1v) is 8.92. The van der Waals surface area contributed by atoms with Gasteiger partial charge in [-0.05, 0) is 43.2 Å². The van der Waals surface area contributed by atoms with E-state index in [9.17, 15) is 14.9 Å². The fourth-order valence-electron chi connectivity index (χ4n) is 3.07. The van der Waals surface area contributed by atoms with E-state index in [1.807, 2.05) is 0 Å². The summed E-state index contributed by atoms with van der Waals surface area (Å²) in [4.78, 5) is 31.5. The van der Waals surface area contributed by atoms with E-state index in [1.54, 1.807) is 30.3 Å². The molecule has 1 saturated carbocycles. The van der Waals surface area contributed by atoms with Gasteiger partial charge in [0.1, 0.15) is 5.82 Å². The Morgan fingerprint density at radius 2 is 2.04 bits per heavy atom. The molecular weight excluding hydrogens is 360 g/mol. The minimum atomic E-state index is -0.424. The SMILES string of the molecule is COC(=O)c1ccc(CNc2ccc3cc([N+](=O)[O-])ccc3n2)nc1C1CC1. The maximum atomic E-state index is 11.9. The van der Waals surface area contributed by atoms with Crippen LogP contribution in [0, 0.1) is 10.1 Å². The Balaban J connectivity index is 1.52. The van der Waals surface area contributed by atoms with Crippen LogP contribution in [0.3, 0.4) is 0 Å². The van der Waals surface area contributed by atoms with Crippen LogP contribution < -0.4 is 5.32 Å². The lowest BCUT2D eigenvalue weighted by Crippen LogP contribution is -2.10. The number of non-ortho nitro benzene ring substituents is 1. The number of benzene rings is 1. The first kappa shape index (κ1) is 17.8. The summed E-state index contributed by atoms with van der Waals surface area (Å²) < 4.78 is 4.84. The standard InChI is InChI=1S/C20H18N4O4/c1-28-20(25)16-7-5-14(22-19(16)12-2-3-12)11-21-18-9-4-13-10-15(24(26)27)6-8-17(13)23-18/h4-10,12H,2-3,11H2,1H3,(H,21,23). The van der Waals surface area contributed by atoms with E-state index in [0.29, 0.717) is 34.7 Å². The number of hydrogen-bond acceptors (Lipinski definition) is 7. The van der Waals surface area contributed by atoms with Crippen LogP contribution in [0.25, 0.3) is 10.9 Å². The molecule has 4 rings (SSSR count). The average Bonchev–Trinajstić information content (AvgIpc) is 3.56. The third-order valence-corrected chi connectivity index (χ3v) is 4.69. The number of esters is 1. The van der Waals surface area contributed by atoms with Gasteiger partial charge in [0.15, 0.2) is 0 Å². The Labute approximate surface area is 160 Å². The quantitative estimate of drug-likeness (QED) is 0.395. The van der Waals surface area contributed by atoms with Crippen molar-refractivity contribution in [2.45, 2.75) is 25.3 Å². The van der Waals surface area contributed by atoms with Crippen molar-refractivity contribution >= 4 is 28.4 Å². The molecule has 1 aliphatic carbocycles. The number of pyridine rings is 2. The molecule has 2 heterocycles. The zero-order valence-electron chi connectivity index (χ0n) is 15.2. The largest absolute Gasteiger partial charge is 0.465 e. The molecular formula is C20H18N4O4. The second-order valence-corrected chi connectivity index (χ2v) is 6.69. The van der Waals surface area contributed by atoms with Crippen molar-refractivity contribution in [3.63, 3.8) is 0 Å². The number of carbonyl (C=O) groups excluding carboxylic acids is 1. The molecule has 28 heavy (non-hydrogen) atoms. The highest BCUT2D eigenvalue weighted by atomic mass is 16.6. The van der Waals surface area contributed by atoms with E-state index in [-0.39, 0.29) is 11.7 Å². The van der Waals surface area contributed by atoms with Gasteiger partial charge in [-0.1, -0.05) is 0 Å². The number of nitrogens with one attached hydrogen (secondary N) is 1. The number of hydrogen-bond donors (Lipinski definition) is 1. The van der Waals surface area contributed by atoms with Crippen LogP contribution in [0.15, 0.2) is 42.5 Å². The fraction of sp³-hybridized carbons (Fsp3) is 0.250. The van der Waals surface area contributed by atoms with E-state index in [0.717, 1.165) is 24.2 Å². The van der Waals surface area contributed by atoms with Gasteiger partial charge in [0.2, 0.25) is 0 Å². The molecule has 1 aromatic carbocycles. The number of nitro groups is 1. The summed E-state index contributed by atoms with van der Waals surface area (Å²) in [5.74, 6) is 0.607. The summed E-state index contributed by atoms with van der Waals surface area (Å²) >= 11 is 0. The predicted molar refractivity (Wildman–Crippen MR) is 103 cm³/mol. The van der Waals surface area contributed by atoms with E-state index < -0.39 is 4.92 Å². The van der Waals surface area contributed by atoms with Gasteiger partial charge in [-0.15, -0.1) is 0 Å². The Kier molecular flexibility index (Phi) is 4.60. The number of methoxy groups -OCH3 is 1. The van der Waals surface area contributed by atoms with Gasteiger partial charge in [0.25, 0.3) is 5.69 Å². The number of aromatic nitrogens is 2. The number of ether oxygens (including phenoxy) is 1. The molecule has 1 N–H and O–H groups in total. The molecule has 8 nitrogen and oxygen atoms in total. The lowest BCUT2D eigenvalue weighted by molar-refractivity contribution is -0.384. The molecule has 142 valence electrons. The number of rotatable bonds is 6. The van der Waals surface area contributed by atoms with Crippen LogP contribution >= 0.6 is 0 Å². The number of nitro benzene ring substituents is 1. The maximum Gasteiger partial charge on any atom is 0.339 e. The first-order chi connectivity index (χ1) is 13.5. The molecule has 1 aliphatic rings. The second-order valence-electron chi connectivity index (χ2n) is 6.69. The zero-order valence-corrected chi connectivity index (χ0v) is 15.2. The van der Waals surface area contributed by atoms with Crippen LogP contribution in [0.5, 0.6) is 0 Å². The minimum Gasteiger partial charge on any atom is -0.465 e. The number of nitrogens with zero attached hydrogens (tertiary/aromatic N) is 3. The fourth-order valence-corrected chi connectivity index (χ4v) is 3.07. The highest BCUT2D eigenvalue weighted by molar-refractivity contribution is 5.90. The molecule has 0 amide bonds. The van der Waals surface area contributed by atoms with Crippen molar-refractivity contribution < 1.29 is 14.5 Å². The molecule has 2 aromatic heterocycles. The Morgan fingerprint density at radius 1 is 1.21 bits per heavy atom. The van der Waals surface area contributed by atoms with Crippen LogP contribution in [0.4, 0.5) is 11.5 Å². The van der Waals surface area contributed by atoms with Crippen molar-refractivity contribution in [2.24, 2.45) is 0 Å². The zero-order chi connectivity index (χ0) is 19.7. The monoisotopic (exact) mass is 378 g/mol. The van der Waals surface area contributed by atoms with Gasteiger partial charge >= 0.3 is 5.97 Å². The average molecular weight is 378 g/mol. The van der Waals surface area contributed by atoms with E-state index in [2.05, 4.69) is 15.3 Å². The molecule has 0 saturated heterocycles. The Bertz CT molecular complexity index is 1080. The van der Waals surface area contributed by atoms with E-state index >= 15 is 0 Å². The molecule has 0 bridgehead atoms. The van der Waals surface area contributed by atoms with Crippen LogP contribution in [0.2, 0.25) is 0 Å². The highest BCUT2D eigenvalue weighted by Crippen LogP contribution is 2.40. The molecule has 3 aromatic rings. The third kappa shape index (κ3) is 3.62. The Morgan fingerprint density at radius 3 is 2.75 bits per heavy atom. The summed E-state index contributed by atoms with van der Waals surface area (Å²) in [6, 6.07) is 11.7. The third-order valence-electron chi connectivity index (χ3n) is 4.69. The topological polar surface area (TPSA) is 107 Å². The minimum absolute atomic E-state index is 0.0394. The van der Waals surface area contributed by atoms with Crippen LogP contribution in [-0.4, -0.2) is 28.0 Å². The molecule has 8 heteroatoms. The van der Waals surface area contributed by atoms with Gasteiger partial charge in [0.05, 0.1) is 41.0 Å². The van der Waals surface area contributed by atoms with Crippen molar-refractivity contribution in [1.29, 1.82) is 0 Å². The smallest absolute Gasteiger partial charge is 0.339 e. The number of anilines is 1. The lowest BCUT2D eigenvalue weighted by atomic mass is 10.1.